The third kappa shape index (κ3) is 3.05. The zero-order chi connectivity index (χ0) is 14.5. The Morgan fingerprint density at radius 1 is 0.619 bits per heavy atom. The van der Waals surface area contributed by atoms with E-state index in [0.29, 0.717) is 0 Å². The predicted molar refractivity (Wildman–Crippen MR) is 91.1 cm³/mol. The van der Waals surface area contributed by atoms with Crippen molar-refractivity contribution < 1.29 is 5.11 Å². The average molecular weight is 292 g/mol. The van der Waals surface area contributed by atoms with E-state index in [0.717, 1.165) is 5.56 Å². The van der Waals surface area contributed by atoms with E-state index >= 15 is 0 Å². The zero-order valence-corrected chi connectivity index (χ0v) is 12.6. The van der Waals surface area contributed by atoms with Crippen LogP contribution in [0.1, 0.15) is 5.56 Å². The highest BCUT2D eigenvalue weighted by atomic mass is 31.1. The van der Waals surface area contributed by atoms with Crippen molar-refractivity contribution >= 4 is 23.8 Å². The minimum absolute atomic E-state index is 0.0780. The van der Waals surface area contributed by atoms with Crippen molar-refractivity contribution in [1.82, 2.24) is 0 Å². The van der Waals surface area contributed by atoms with E-state index < -0.39 is 7.92 Å². The molecule has 0 aliphatic rings. The first-order chi connectivity index (χ1) is 10.4. The van der Waals surface area contributed by atoms with Crippen LogP contribution >= 0.6 is 7.92 Å². The maximum atomic E-state index is 9.67. The van der Waals surface area contributed by atoms with Crippen LogP contribution in [0.4, 0.5) is 0 Å². The van der Waals surface area contributed by atoms with Gasteiger partial charge in [0.25, 0.3) is 0 Å². The number of benzene rings is 3. The maximum absolute atomic E-state index is 9.67. The summed E-state index contributed by atoms with van der Waals surface area (Å²) in [5.74, 6) is 0. The summed E-state index contributed by atoms with van der Waals surface area (Å²) < 4.78 is 0. The smallest absolute Gasteiger partial charge is 0.0688 e. The van der Waals surface area contributed by atoms with Crippen molar-refractivity contribution in [3.8, 4) is 0 Å². The van der Waals surface area contributed by atoms with Crippen molar-refractivity contribution in [3.05, 3.63) is 90.5 Å². The molecular weight excluding hydrogens is 275 g/mol. The van der Waals surface area contributed by atoms with Crippen LogP contribution in [0, 0.1) is 0 Å². The Bertz CT molecular complexity index is 656. The van der Waals surface area contributed by atoms with E-state index in [2.05, 4.69) is 60.7 Å². The molecule has 104 valence electrons. The van der Waals surface area contributed by atoms with Gasteiger partial charge in [-0.05, 0) is 29.4 Å². The number of rotatable bonds is 4. The SMILES string of the molecule is OCc1ccccc1P(c1ccccc1)c1ccccc1. The van der Waals surface area contributed by atoms with Gasteiger partial charge in [0.1, 0.15) is 0 Å². The van der Waals surface area contributed by atoms with E-state index in [1.807, 2.05) is 24.3 Å². The summed E-state index contributed by atoms with van der Waals surface area (Å²) in [6, 6.07) is 29.3. The van der Waals surface area contributed by atoms with Gasteiger partial charge in [-0.25, -0.2) is 0 Å². The van der Waals surface area contributed by atoms with Crippen LogP contribution in [0.15, 0.2) is 84.9 Å². The van der Waals surface area contributed by atoms with Crippen LogP contribution in [-0.4, -0.2) is 5.11 Å². The van der Waals surface area contributed by atoms with Crippen LogP contribution in [0.3, 0.4) is 0 Å². The van der Waals surface area contributed by atoms with Gasteiger partial charge in [-0.3, -0.25) is 0 Å². The van der Waals surface area contributed by atoms with E-state index in [1.165, 1.54) is 15.9 Å². The van der Waals surface area contributed by atoms with Gasteiger partial charge in [-0.1, -0.05) is 84.9 Å². The lowest BCUT2D eigenvalue weighted by Gasteiger charge is -2.21. The molecule has 0 aromatic heterocycles. The Hall–Kier alpha value is -1.95. The van der Waals surface area contributed by atoms with E-state index in [4.69, 9.17) is 0 Å². The van der Waals surface area contributed by atoms with Crippen LogP contribution < -0.4 is 15.9 Å². The minimum atomic E-state index is -0.633. The molecule has 0 spiro atoms. The molecular formula is C19H17OP. The second-order valence-electron chi connectivity index (χ2n) is 4.79. The van der Waals surface area contributed by atoms with Gasteiger partial charge in [0.2, 0.25) is 0 Å². The van der Waals surface area contributed by atoms with Gasteiger partial charge in [-0.15, -0.1) is 0 Å². The Morgan fingerprint density at radius 3 is 1.62 bits per heavy atom. The lowest BCUT2D eigenvalue weighted by molar-refractivity contribution is 0.283. The Morgan fingerprint density at radius 2 is 1.10 bits per heavy atom. The van der Waals surface area contributed by atoms with Gasteiger partial charge < -0.3 is 5.11 Å². The normalized spacial score (nSPS) is 10.8. The van der Waals surface area contributed by atoms with Crippen LogP contribution in [-0.2, 0) is 6.61 Å². The molecule has 0 unspecified atom stereocenters. The zero-order valence-electron chi connectivity index (χ0n) is 11.7. The standard InChI is InChI=1S/C19H17OP/c20-15-16-9-7-8-14-19(16)21(17-10-3-1-4-11-17)18-12-5-2-6-13-18/h1-14,20H,15H2. The van der Waals surface area contributed by atoms with Crippen LogP contribution in [0.25, 0.3) is 0 Å². The molecule has 0 amide bonds. The van der Waals surface area contributed by atoms with Gasteiger partial charge in [0.05, 0.1) is 6.61 Å². The number of aliphatic hydroxyl groups excluding tert-OH is 1. The first-order valence-corrected chi connectivity index (χ1v) is 8.33. The molecule has 0 fully saturated rings. The van der Waals surface area contributed by atoms with Crippen molar-refractivity contribution in [1.29, 1.82) is 0 Å². The summed E-state index contributed by atoms with van der Waals surface area (Å²) in [6.45, 7) is 0.0780. The van der Waals surface area contributed by atoms with Gasteiger partial charge in [0.15, 0.2) is 0 Å². The molecule has 3 aromatic carbocycles. The van der Waals surface area contributed by atoms with Crippen LogP contribution in [0.5, 0.6) is 0 Å². The number of aliphatic hydroxyl groups is 1. The molecule has 0 aliphatic heterocycles. The monoisotopic (exact) mass is 292 g/mol. The molecule has 3 rings (SSSR count). The maximum Gasteiger partial charge on any atom is 0.0688 e. The lowest BCUT2D eigenvalue weighted by atomic mass is 10.2. The van der Waals surface area contributed by atoms with Crippen molar-refractivity contribution in [3.63, 3.8) is 0 Å². The van der Waals surface area contributed by atoms with Crippen molar-refractivity contribution in [2.45, 2.75) is 6.61 Å². The first-order valence-electron chi connectivity index (χ1n) is 6.99. The summed E-state index contributed by atoms with van der Waals surface area (Å²) in [5, 5.41) is 13.5. The summed E-state index contributed by atoms with van der Waals surface area (Å²) in [7, 11) is -0.633. The second kappa shape index (κ2) is 6.67. The van der Waals surface area contributed by atoms with Gasteiger partial charge in [-0.2, -0.15) is 0 Å². The fraction of sp³-hybridized carbons (Fsp3) is 0.0526. The highest BCUT2D eigenvalue weighted by Crippen LogP contribution is 2.33. The quantitative estimate of drug-likeness (QED) is 0.733. The largest absolute Gasteiger partial charge is 0.392 e. The predicted octanol–water partition coefficient (Wildman–Crippen LogP) is 2.94. The number of hydrogen-bond acceptors (Lipinski definition) is 1. The fourth-order valence-electron chi connectivity index (χ4n) is 2.44. The Balaban J connectivity index is 2.17. The summed E-state index contributed by atoms with van der Waals surface area (Å²) >= 11 is 0. The third-order valence-corrected chi connectivity index (χ3v) is 5.98. The Kier molecular flexibility index (Phi) is 4.45. The molecule has 0 bridgehead atoms. The summed E-state index contributed by atoms with van der Waals surface area (Å²) in [4.78, 5) is 0. The summed E-state index contributed by atoms with van der Waals surface area (Å²) in [5.41, 5.74) is 1.01. The van der Waals surface area contributed by atoms with E-state index in [-0.39, 0.29) is 6.61 Å². The molecule has 0 atom stereocenters. The molecule has 0 radical (unpaired) electrons. The van der Waals surface area contributed by atoms with Crippen molar-refractivity contribution in [2.75, 3.05) is 0 Å². The van der Waals surface area contributed by atoms with Gasteiger partial charge in [0, 0.05) is 0 Å². The van der Waals surface area contributed by atoms with E-state index in [9.17, 15) is 5.11 Å². The molecule has 0 aliphatic carbocycles. The molecule has 0 heterocycles. The van der Waals surface area contributed by atoms with Crippen molar-refractivity contribution in [2.24, 2.45) is 0 Å². The topological polar surface area (TPSA) is 20.2 Å². The molecule has 1 nitrogen and oxygen atoms in total. The molecule has 21 heavy (non-hydrogen) atoms. The first kappa shape index (κ1) is 14.0. The van der Waals surface area contributed by atoms with E-state index in [1.54, 1.807) is 0 Å². The van der Waals surface area contributed by atoms with Crippen LogP contribution in [0.2, 0.25) is 0 Å². The highest BCUT2D eigenvalue weighted by molar-refractivity contribution is 7.79. The third-order valence-electron chi connectivity index (χ3n) is 3.43. The molecule has 0 saturated carbocycles. The Labute approximate surface area is 126 Å². The van der Waals surface area contributed by atoms with Gasteiger partial charge >= 0.3 is 0 Å². The lowest BCUT2D eigenvalue weighted by Crippen LogP contribution is -2.23. The number of hydrogen-bond donors (Lipinski definition) is 1. The fourth-order valence-corrected chi connectivity index (χ4v) is 4.91. The molecule has 1 N–H and O–H groups in total. The minimum Gasteiger partial charge on any atom is -0.392 e. The summed E-state index contributed by atoms with van der Waals surface area (Å²) in [6.07, 6.45) is 0. The highest BCUT2D eigenvalue weighted by Gasteiger charge is 2.18. The molecule has 0 saturated heterocycles. The second-order valence-corrected chi connectivity index (χ2v) is 6.98. The average Bonchev–Trinajstić information content (AvgIpc) is 2.58. The molecule has 2 heteroatoms. The molecule has 3 aromatic rings.